The smallest absolute Gasteiger partial charge is 0.291 e. The summed E-state index contributed by atoms with van der Waals surface area (Å²) in [6, 6.07) is 16.1. The summed E-state index contributed by atoms with van der Waals surface area (Å²) in [5, 5.41) is 4.32. The van der Waals surface area contributed by atoms with Gasteiger partial charge in [-0.25, -0.2) is 0 Å². The maximum Gasteiger partial charge on any atom is 0.291 e. The molecule has 0 saturated heterocycles. The summed E-state index contributed by atoms with van der Waals surface area (Å²) >= 11 is 1.22. The number of anilines is 1. The molecule has 0 spiro atoms. The van der Waals surface area contributed by atoms with Gasteiger partial charge in [-0.15, -0.1) is 11.3 Å². The van der Waals surface area contributed by atoms with Gasteiger partial charge in [-0.2, -0.15) is 0 Å². The second-order valence-electron chi connectivity index (χ2n) is 6.37. The lowest BCUT2D eigenvalue weighted by Gasteiger charge is -2.22. The summed E-state index contributed by atoms with van der Waals surface area (Å²) in [6.07, 6.45) is 1.44. The third-order valence-electron chi connectivity index (χ3n) is 4.56. The fraction of sp³-hybridized carbons (Fsp3) is 0.143. The minimum atomic E-state index is -0.352. The summed E-state index contributed by atoms with van der Waals surface area (Å²) in [4.78, 5) is 27.1. The van der Waals surface area contributed by atoms with Crippen LogP contribution in [-0.4, -0.2) is 23.8 Å². The normalized spacial score (nSPS) is 12.1. The zero-order valence-electron chi connectivity index (χ0n) is 15.3. The quantitative estimate of drug-likeness (QED) is 0.506. The molecule has 0 saturated carbocycles. The van der Waals surface area contributed by atoms with Gasteiger partial charge in [0, 0.05) is 12.4 Å². The monoisotopic (exact) mass is 394 g/mol. The molecule has 0 aliphatic heterocycles. The number of rotatable bonds is 5. The molecule has 7 heteroatoms. The first-order valence-corrected chi connectivity index (χ1v) is 9.55. The Hall–Kier alpha value is -3.32. The van der Waals surface area contributed by atoms with E-state index in [1.54, 1.807) is 36.2 Å². The third-order valence-corrected chi connectivity index (χ3v) is 5.54. The molecule has 1 N–H and O–H groups in total. The van der Waals surface area contributed by atoms with Gasteiger partial charge in [0.05, 0.1) is 22.2 Å². The lowest BCUT2D eigenvalue weighted by atomic mass is 10.2. The van der Waals surface area contributed by atoms with Gasteiger partial charge in [-0.3, -0.25) is 9.59 Å². The van der Waals surface area contributed by atoms with E-state index in [0.29, 0.717) is 9.88 Å². The zero-order chi connectivity index (χ0) is 19.7. The summed E-state index contributed by atoms with van der Waals surface area (Å²) in [6.45, 7) is 1.92. The highest BCUT2D eigenvalue weighted by Crippen LogP contribution is 2.30. The molecule has 6 nitrogen and oxygen atoms in total. The van der Waals surface area contributed by atoms with Gasteiger partial charge in [0.25, 0.3) is 11.8 Å². The van der Waals surface area contributed by atoms with Crippen LogP contribution >= 0.6 is 11.3 Å². The number of thiophene rings is 1. The molecule has 1 aromatic carbocycles. The SMILES string of the molecule is CC(c1cc2ccccc2o1)N(C)C(=O)c1ccc(NC(=O)c2ccco2)s1. The number of amides is 2. The van der Waals surface area contributed by atoms with E-state index in [1.165, 1.54) is 17.6 Å². The number of fused-ring (bicyclic) bond motifs is 1. The Kier molecular flexibility index (Phi) is 4.75. The first kappa shape index (κ1) is 18.1. The number of furan rings is 2. The highest BCUT2D eigenvalue weighted by atomic mass is 32.1. The summed E-state index contributed by atoms with van der Waals surface area (Å²) < 4.78 is 11.0. The van der Waals surface area contributed by atoms with Gasteiger partial charge in [0.1, 0.15) is 11.3 Å². The van der Waals surface area contributed by atoms with E-state index in [0.717, 1.165) is 16.7 Å². The van der Waals surface area contributed by atoms with Crippen molar-refractivity contribution in [2.24, 2.45) is 0 Å². The van der Waals surface area contributed by atoms with Gasteiger partial charge >= 0.3 is 0 Å². The van der Waals surface area contributed by atoms with Gasteiger partial charge in [0.15, 0.2) is 5.76 Å². The van der Waals surface area contributed by atoms with Gasteiger partial charge in [0.2, 0.25) is 0 Å². The van der Waals surface area contributed by atoms with Crippen molar-refractivity contribution in [1.29, 1.82) is 0 Å². The number of carbonyl (C=O) groups is 2. The lowest BCUT2D eigenvalue weighted by Crippen LogP contribution is -2.28. The van der Waals surface area contributed by atoms with Crippen molar-refractivity contribution in [1.82, 2.24) is 4.90 Å². The molecule has 4 rings (SSSR count). The van der Waals surface area contributed by atoms with Gasteiger partial charge < -0.3 is 19.1 Å². The highest BCUT2D eigenvalue weighted by molar-refractivity contribution is 7.18. The van der Waals surface area contributed by atoms with Crippen molar-refractivity contribution < 1.29 is 18.4 Å². The second kappa shape index (κ2) is 7.36. The van der Waals surface area contributed by atoms with Crippen molar-refractivity contribution in [3.8, 4) is 0 Å². The molecule has 2 amide bonds. The highest BCUT2D eigenvalue weighted by Gasteiger charge is 2.23. The topological polar surface area (TPSA) is 75.7 Å². The third kappa shape index (κ3) is 3.44. The zero-order valence-corrected chi connectivity index (χ0v) is 16.2. The maximum absolute atomic E-state index is 12.9. The van der Waals surface area contributed by atoms with Crippen molar-refractivity contribution >= 4 is 39.1 Å². The standard InChI is InChI=1S/C21H18N2O4S/c1-13(17-12-14-6-3-4-7-15(14)27-17)23(2)21(25)18-9-10-19(28-18)22-20(24)16-8-5-11-26-16/h3-13H,1-2H3,(H,22,24). The van der Waals surface area contributed by atoms with E-state index in [4.69, 9.17) is 8.83 Å². The number of nitrogens with one attached hydrogen (secondary N) is 1. The minimum absolute atomic E-state index is 0.142. The van der Waals surface area contributed by atoms with Crippen LogP contribution in [0, 0.1) is 0 Å². The van der Waals surface area contributed by atoms with Crippen LogP contribution in [0.15, 0.2) is 69.7 Å². The van der Waals surface area contributed by atoms with E-state index in [2.05, 4.69) is 5.32 Å². The van der Waals surface area contributed by atoms with E-state index < -0.39 is 0 Å². The van der Waals surface area contributed by atoms with Crippen LogP contribution < -0.4 is 5.32 Å². The summed E-state index contributed by atoms with van der Waals surface area (Å²) in [5.41, 5.74) is 0.796. The molecule has 0 aliphatic carbocycles. The fourth-order valence-electron chi connectivity index (χ4n) is 2.85. The molecular formula is C21H18N2O4S. The van der Waals surface area contributed by atoms with Gasteiger partial charge in [-0.05, 0) is 43.3 Å². The van der Waals surface area contributed by atoms with Gasteiger partial charge in [-0.1, -0.05) is 18.2 Å². The van der Waals surface area contributed by atoms with Crippen molar-refractivity contribution in [2.75, 3.05) is 12.4 Å². The minimum Gasteiger partial charge on any atom is -0.459 e. The summed E-state index contributed by atoms with van der Waals surface area (Å²) in [7, 11) is 1.74. The Morgan fingerprint density at radius 1 is 1.11 bits per heavy atom. The average molecular weight is 394 g/mol. The molecule has 0 bridgehead atoms. The van der Waals surface area contributed by atoms with E-state index in [1.807, 2.05) is 37.3 Å². The summed E-state index contributed by atoms with van der Waals surface area (Å²) in [5.74, 6) is 0.447. The molecule has 3 heterocycles. The molecule has 0 aliphatic rings. The largest absolute Gasteiger partial charge is 0.459 e. The molecule has 3 aromatic heterocycles. The molecule has 4 aromatic rings. The Bertz CT molecular complexity index is 1090. The number of para-hydroxylation sites is 1. The van der Waals surface area contributed by atoms with Crippen LogP contribution in [0.2, 0.25) is 0 Å². The molecule has 1 unspecified atom stereocenters. The Morgan fingerprint density at radius 3 is 2.68 bits per heavy atom. The molecule has 0 radical (unpaired) electrons. The molecule has 0 fully saturated rings. The number of hydrogen-bond acceptors (Lipinski definition) is 5. The molecule has 142 valence electrons. The molecule has 1 atom stereocenters. The number of hydrogen-bond donors (Lipinski definition) is 1. The number of carbonyl (C=O) groups excluding carboxylic acids is 2. The molecular weight excluding hydrogens is 376 g/mol. The van der Waals surface area contributed by atoms with E-state index in [-0.39, 0.29) is 23.6 Å². The Labute approximate surface area is 165 Å². The predicted octanol–water partition coefficient (Wildman–Crippen LogP) is 5.17. The first-order chi connectivity index (χ1) is 13.5. The van der Waals surface area contributed by atoms with Crippen molar-refractivity contribution in [2.45, 2.75) is 13.0 Å². The van der Waals surface area contributed by atoms with Crippen LogP contribution in [-0.2, 0) is 0 Å². The number of benzene rings is 1. The Balaban J connectivity index is 1.47. The van der Waals surface area contributed by atoms with Crippen LogP contribution in [0.1, 0.15) is 39.0 Å². The van der Waals surface area contributed by atoms with Crippen molar-refractivity contribution in [3.05, 3.63) is 77.3 Å². The van der Waals surface area contributed by atoms with E-state index >= 15 is 0 Å². The second-order valence-corrected chi connectivity index (χ2v) is 7.46. The lowest BCUT2D eigenvalue weighted by molar-refractivity contribution is 0.0732. The van der Waals surface area contributed by atoms with Crippen LogP contribution in [0.3, 0.4) is 0 Å². The first-order valence-electron chi connectivity index (χ1n) is 8.73. The average Bonchev–Trinajstić information content (AvgIpc) is 3.46. The van der Waals surface area contributed by atoms with Crippen LogP contribution in [0.4, 0.5) is 5.00 Å². The van der Waals surface area contributed by atoms with Crippen molar-refractivity contribution in [3.63, 3.8) is 0 Å². The number of nitrogens with zero attached hydrogens (tertiary/aromatic N) is 1. The molecule has 28 heavy (non-hydrogen) atoms. The van der Waals surface area contributed by atoms with Crippen LogP contribution in [0.5, 0.6) is 0 Å². The van der Waals surface area contributed by atoms with E-state index in [9.17, 15) is 9.59 Å². The fourth-order valence-corrected chi connectivity index (χ4v) is 3.73. The maximum atomic E-state index is 12.9. The Morgan fingerprint density at radius 2 is 1.93 bits per heavy atom. The predicted molar refractivity (Wildman–Crippen MR) is 108 cm³/mol. The van der Waals surface area contributed by atoms with Crippen LogP contribution in [0.25, 0.3) is 11.0 Å².